The number of hydrogen-bond donors (Lipinski definition) is 4. The first-order valence-corrected chi connectivity index (χ1v) is 10.4. The summed E-state index contributed by atoms with van der Waals surface area (Å²) in [5.74, 6) is -0.292. The van der Waals surface area contributed by atoms with E-state index in [9.17, 15) is 28.2 Å². The highest BCUT2D eigenvalue weighted by Gasteiger charge is 2.31. The molecule has 0 bridgehead atoms. The number of nitrogens with one attached hydrogen (secondary N) is 1. The van der Waals surface area contributed by atoms with Crippen LogP contribution >= 0.6 is 0 Å². The van der Waals surface area contributed by atoms with Gasteiger partial charge in [0.25, 0.3) is 5.91 Å². The van der Waals surface area contributed by atoms with E-state index >= 15 is 0 Å². The lowest BCUT2D eigenvalue weighted by Gasteiger charge is -2.14. The number of fused-ring (bicyclic) bond motifs is 1. The molecule has 0 aliphatic carbocycles. The second kappa shape index (κ2) is 8.96. The average molecular weight is 486 g/mol. The second-order valence-electron chi connectivity index (χ2n) is 7.90. The van der Waals surface area contributed by atoms with Gasteiger partial charge < -0.3 is 21.3 Å². The summed E-state index contributed by atoms with van der Waals surface area (Å²) in [5.41, 5.74) is 7.75. The second-order valence-corrected chi connectivity index (χ2v) is 7.90. The third-order valence-corrected chi connectivity index (χ3v) is 5.47. The first-order chi connectivity index (χ1) is 16.5. The third kappa shape index (κ3) is 4.53. The summed E-state index contributed by atoms with van der Waals surface area (Å²) in [5, 5.41) is 22.4. The zero-order valence-corrected chi connectivity index (χ0v) is 18.6. The van der Waals surface area contributed by atoms with Gasteiger partial charge in [-0.25, -0.2) is 15.0 Å². The number of aliphatic hydroxyl groups is 2. The molecule has 1 amide bonds. The van der Waals surface area contributed by atoms with Crippen LogP contribution in [0.1, 0.15) is 34.3 Å². The minimum atomic E-state index is -4.61. The fourth-order valence-electron chi connectivity index (χ4n) is 3.76. The van der Waals surface area contributed by atoms with Crippen molar-refractivity contribution < 1.29 is 28.2 Å². The standard InChI is InChI=1S/C23H21F3N6O3/c1-11-6-16(30-22(35)20(34)13-4-3-5-14(7-13)23(24,25)26)28-9-15(11)18-19-21(27)29-8-12(2)32(19)17(10-33)31-18/h3-9,20,33-34H,10H2,1-2H3,(H2,27,29)(H,28,30,35). The monoisotopic (exact) mass is 486 g/mol. The predicted molar refractivity (Wildman–Crippen MR) is 121 cm³/mol. The molecule has 0 saturated heterocycles. The fourth-order valence-corrected chi connectivity index (χ4v) is 3.76. The molecule has 4 rings (SSSR count). The molecule has 3 aromatic heterocycles. The Morgan fingerprint density at radius 1 is 1.20 bits per heavy atom. The summed E-state index contributed by atoms with van der Waals surface area (Å²) in [4.78, 5) is 25.3. The number of nitrogen functional groups attached to an aromatic ring is 1. The minimum absolute atomic E-state index is 0.0791. The van der Waals surface area contributed by atoms with Crippen molar-refractivity contribution in [3.05, 3.63) is 70.9 Å². The van der Waals surface area contributed by atoms with Crippen LogP contribution in [0.25, 0.3) is 16.8 Å². The lowest BCUT2D eigenvalue weighted by Crippen LogP contribution is -2.22. The van der Waals surface area contributed by atoms with Crippen molar-refractivity contribution in [2.75, 3.05) is 11.1 Å². The van der Waals surface area contributed by atoms with E-state index in [1.54, 1.807) is 24.4 Å². The molecule has 9 nitrogen and oxygen atoms in total. The molecule has 5 N–H and O–H groups in total. The minimum Gasteiger partial charge on any atom is -0.388 e. The molecule has 0 fully saturated rings. The van der Waals surface area contributed by atoms with Crippen LogP contribution in [0.2, 0.25) is 0 Å². The largest absolute Gasteiger partial charge is 0.416 e. The Balaban J connectivity index is 1.63. The number of amides is 1. The van der Waals surface area contributed by atoms with Gasteiger partial charge in [-0.05, 0) is 43.2 Å². The molecule has 35 heavy (non-hydrogen) atoms. The highest BCUT2D eigenvalue weighted by Crippen LogP contribution is 2.33. The number of alkyl halides is 3. The van der Waals surface area contributed by atoms with E-state index in [0.29, 0.717) is 28.2 Å². The average Bonchev–Trinajstić information content (AvgIpc) is 3.21. The highest BCUT2D eigenvalue weighted by molar-refractivity contribution is 5.94. The van der Waals surface area contributed by atoms with E-state index in [1.165, 1.54) is 18.3 Å². The molecule has 0 aliphatic heterocycles. The number of pyridine rings is 1. The van der Waals surface area contributed by atoms with Crippen molar-refractivity contribution in [3.63, 3.8) is 0 Å². The number of imidazole rings is 1. The van der Waals surface area contributed by atoms with Crippen LogP contribution in [-0.4, -0.2) is 35.5 Å². The quantitative estimate of drug-likeness (QED) is 0.340. The molecule has 0 aliphatic rings. The zero-order valence-electron chi connectivity index (χ0n) is 18.6. The Hall–Kier alpha value is -4.03. The predicted octanol–water partition coefficient (Wildman–Crippen LogP) is 3.17. The lowest BCUT2D eigenvalue weighted by atomic mass is 10.0. The molecule has 1 atom stereocenters. The van der Waals surface area contributed by atoms with Gasteiger partial charge in [-0.3, -0.25) is 9.20 Å². The van der Waals surface area contributed by atoms with Gasteiger partial charge in [0, 0.05) is 23.7 Å². The van der Waals surface area contributed by atoms with Crippen molar-refractivity contribution in [2.24, 2.45) is 0 Å². The highest BCUT2D eigenvalue weighted by atomic mass is 19.4. The van der Waals surface area contributed by atoms with Gasteiger partial charge in [-0.2, -0.15) is 13.2 Å². The van der Waals surface area contributed by atoms with Gasteiger partial charge in [0.15, 0.2) is 6.10 Å². The Morgan fingerprint density at radius 2 is 1.94 bits per heavy atom. The summed E-state index contributed by atoms with van der Waals surface area (Å²) in [6, 6.07) is 5.43. The van der Waals surface area contributed by atoms with Crippen LogP contribution in [0.3, 0.4) is 0 Å². The molecular formula is C23H21F3N6O3. The van der Waals surface area contributed by atoms with Crippen LogP contribution < -0.4 is 11.1 Å². The van der Waals surface area contributed by atoms with Gasteiger partial charge in [0.1, 0.15) is 35.3 Å². The number of carbonyl (C=O) groups excluding carboxylic acids is 1. The Bertz CT molecular complexity index is 1430. The topological polar surface area (TPSA) is 139 Å². The van der Waals surface area contributed by atoms with E-state index in [4.69, 9.17) is 5.73 Å². The molecule has 182 valence electrons. The van der Waals surface area contributed by atoms with Gasteiger partial charge >= 0.3 is 6.18 Å². The van der Waals surface area contributed by atoms with Crippen molar-refractivity contribution in [3.8, 4) is 11.3 Å². The molecule has 3 heterocycles. The summed E-state index contributed by atoms with van der Waals surface area (Å²) >= 11 is 0. The van der Waals surface area contributed by atoms with Crippen molar-refractivity contribution in [1.82, 2.24) is 19.4 Å². The van der Waals surface area contributed by atoms with E-state index in [2.05, 4.69) is 20.3 Å². The number of anilines is 2. The van der Waals surface area contributed by atoms with E-state index < -0.39 is 23.8 Å². The van der Waals surface area contributed by atoms with Crippen LogP contribution in [0.4, 0.5) is 24.8 Å². The van der Waals surface area contributed by atoms with Gasteiger partial charge in [0.2, 0.25) is 0 Å². The van der Waals surface area contributed by atoms with E-state index in [0.717, 1.165) is 23.9 Å². The van der Waals surface area contributed by atoms with Crippen molar-refractivity contribution >= 4 is 23.1 Å². The number of aliphatic hydroxyl groups excluding tert-OH is 2. The fraction of sp³-hybridized carbons (Fsp3) is 0.217. The first kappa shape index (κ1) is 24.1. The Morgan fingerprint density at radius 3 is 2.60 bits per heavy atom. The first-order valence-electron chi connectivity index (χ1n) is 10.4. The number of nitrogens with two attached hydrogens (primary N) is 1. The van der Waals surface area contributed by atoms with Crippen LogP contribution in [0.5, 0.6) is 0 Å². The van der Waals surface area contributed by atoms with E-state index in [-0.39, 0.29) is 23.8 Å². The van der Waals surface area contributed by atoms with Crippen LogP contribution in [0.15, 0.2) is 42.7 Å². The van der Waals surface area contributed by atoms with Gasteiger partial charge in [-0.15, -0.1) is 0 Å². The smallest absolute Gasteiger partial charge is 0.388 e. The molecule has 1 unspecified atom stereocenters. The SMILES string of the molecule is Cc1cc(NC(=O)C(O)c2cccc(C(F)(F)F)c2)ncc1-c1nc(CO)n2c(C)cnc(N)c12. The van der Waals surface area contributed by atoms with Crippen molar-refractivity contribution in [2.45, 2.75) is 32.7 Å². The number of hydrogen-bond acceptors (Lipinski definition) is 7. The molecule has 0 saturated carbocycles. The lowest BCUT2D eigenvalue weighted by molar-refractivity contribution is -0.138. The Kier molecular flexibility index (Phi) is 6.17. The molecular weight excluding hydrogens is 465 g/mol. The number of aromatic nitrogens is 4. The maximum atomic E-state index is 12.9. The van der Waals surface area contributed by atoms with Crippen molar-refractivity contribution in [1.29, 1.82) is 0 Å². The third-order valence-electron chi connectivity index (χ3n) is 5.47. The van der Waals surface area contributed by atoms with E-state index in [1.807, 2.05) is 0 Å². The molecule has 12 heteroatoms. The van der Waals surface area contributed by atoms with Gasteiger partial charge in [0.05, 0.1) is 5.56 Å². The zero-order chi connectivity index (χ0) is 25.5. The molecule has 0 radical (unpaired) electrons. The maximum Gasteiger partial charge on any atom is 0.416 e. The Labute approximate surface area is 197 Å². The number of rotatable bonds is 5. The number of carbonyl (C=O) groups is 1. The summed E-state index contributed by atoms with van der Waals surface area (Å²) < 4.78 is 40.5. The normalized spacial score (nSPS) is 12.7. The molecule has 4 aromatic rings. The summed E-state index contributed by atoms with van der Waals surface area (Å²) in [7, 11) is 0. The molecule has 0 spiro atoms. The van der Waals surface area contributed by atoms with Gasteiger partial charge in [-0.1, -0.05) is 12.1 Å². The summed E-state index contributed by atoms with van der Waals surface area (Å²) in [6.07, 6.45) is -3.44. The summed E-state index contributed by atoms with van der Waals surface area (Å²) in [6.45, 7) is 3.20. The molecule has 1 aromatic carbocycles. The number of aryl methyl sites for hydroxylation is 2. The number of benzene rings is 1. The number of halogens is 3. The van der Waals surface area contributed by atoms with Crippen LogP contribution in [-0.2, 0) is 17.6 Å². The number of nitrogens with zero attached hydrogens (tertiary/aromatic N) is 4. The maximum absolute atomic E-state index is 12.9. The van der Waals surface area contributed by atoms with Crippen LogP contribution in [0, 0.1) is 13.8 Å².